The van der Waals surface area contributed by atoms with E-state index in [1.807, 2.05) is 20.8 Å². The van der Waals surface area contributed by atoms with Gasteiger partial charge in [-0.25, -0.2) is 4.79 Å². The number of rotatable bonds is 4. The Hall–Kier alpha value is -3.82. The lowest BCUT2D eigenvalue weighted by Gasteiger charge is -2.25. The highest BCUT2D eigenvalue weighted by molar-refractivity contribution is 6.07. The maximum Gasteiger partial charge on any atom is 0.416 e. The normalized spacial score (nSPS) is 11.8. The van der Waals surface area contributed by atoms with Crippen LogP contribution in [-0.4, -0.2) is 22.6 Å². The number of aromatic nitrogens is 2. The van der Waals surface area contributed by atoms with Gasteiger partial charge in [0.25, 0.3) is 11.5 Å². The van der Waals surface area contributed by atoms with Gasteiger partial charge in [0.15, 0.2) is 0 Å². The number of nitrogens with one attached hydrogen (secondary N) is 2. The van der Waals surface area contributed by atoms with Crippen molar-refractivity contribution in [2.24, 2.45) is 0 Å². The number of hydrogen-bond donors (Lipinski definition) is 2. The fourth-order valence-electron chi connectivity index (χ4n) is 3.26. The van der Waals surface area contributed by atoms with Gasteiger partial charge in [-0.05, 0) is 41.8 Å². The summed E-state index contributed by atoms with van der Waals surface area (Å²) in [6.07, 6.45) is -3.21. The second kappa shape index (κ2) is 8.61. The summed E-state index contributed by atoms with van der Waals surface area (Å²) in [6, 6.07) is 8.28. The van der Waals surface area contributed by atoms with Gasteiger partial charge in [0.2, 0.25) is 0 Å². The third-order valence-electron chi connectivity index (χ3n) is 4.90. The molecule has 1 amide bonds. The number of carbonyl (C=O) groups is 1. The molecule has 3 aromatic rings. The zero-order valence-corrected chi connectivity index (χ0v) is 18.3. The number of methoxy groups -OCH3 is 1. The number of nitrogens with zero attached hydrogens (tertiary/aromatic N) is 1. The van der Waals surface area contributed by atoms with E-state index in [9.17, 15) is 27.6 Å². The molecule has 10 heteroatoms. The predicted octanol–water partition coefficient (Wildman–Crippen LogP) is 4.10. The third kappa shape index (κ3) is 5.16. The molecule has 7 nitrogen and oxygen atoms in total. The second-order valence-corrected chi connectivity index (χ2v) is 8.33. The van der Waals surface area contributed by atoms with E-state index in [1.54, 1.807) is 6.07 Å². The Kier molecular flexibility index (Phi) is 6.22. The average molecular weight is 461 g/mol. The van der Waals surface area contributed by atoms with Crippen molar-refractivity contribution in [2.75, 3.05) is 12.4 Å². The van der Waals surface area contributed by atoms with Crippen LogP contribution in [0.15, 0.2) is 58.3 Å². The number of ether oxygens (including phenoxy) is 1. The van der Waals surface area contributed by atoms with Crippen LogP contribution in [0.2, 0.25) is 0 Å². The van der Waals surface area contributed by atoms with Crippen LogP contribution in [0.4, 0.5) is 18.9 Å². The van der Waals surface area contributed by atoms with Crippen LogP contribution in [0, 0.1) is 0 Å². The van der Waals surface area contributed by atoms with Crippen LogP contribution in [0.3, 0.4) is 0 Å². The molecule has 0 unspecified atom stereocenters. The Bertz CT molecular complexity index is 1300. The van der Waals surface area contributed by atoms with Crippen molar-refractivity contribution in [2.45, 2.75) is 32.4 Å². The van der Waals surface area contributed by atoms with E-state index in [-0.39, 0.29) is 17.0 Å². The van der Waals surface area contributed by atoms with Crippen LogP contribution < -0.4 is 21.3 Å². The topological polar surface area (TPSA) is 93.2 Å². The fourth-order valence-corrected chi connectivity index (χ4v) is 3.26. The maximum absolute atomic E-state index is 13.1. The molecule has 0 saturated heterocycles. The van der Waals surface area contributed by atoms with E-state index >= 15 is 0 Å². The molecule has 0 aliphatic carbocycles. The van der Waals surface area contributed by atoms with Crippen molar-refractivity contribution in [3.8, 4) is 11.4 Å². The Labute approximate surface area is 186 Å². The molecule has 2 aromatic carbocycles. The lowest BCUT2D eigenvalue weighted by atomic mass is 9.84. The highest BCUT2D eigenvalue weighted by Crippen LogP contribution is 2.36. The first-order valence-electron chi connectivity index (χ1n) is 9.85. The number of hydrogen-bond acceptors (Lipinski definition) is 4. The number of halogens is 3. The smallest absolute Gasteiger partial charge is 0.416 e. The second-order valence-electron chi connectivity index (χ2n) is 8.33. The lowest BCUT2D eigenvalue weighted by molar-refractivity contribution is -0.137. The highest BCUT2D eigenvalue weighted by Gasteiger charge is 2.30. The molecule has 0 aliphatic rings. The average Bonchev–Trinajstić information content (AvgIpc) is 2.72. The summed E-state index contributed by atoms with van der Waals surface area (Å²) in [5.74, 6) is -0.385. The molecular formula is C23H22F3N3O4. The van der Waals surface area contributed by atoms with Crippen molar-refractivity contribution < 1.29 is 22.7 Å². The summed E-state index contributed by atoms with van der Waals surface area (Å²) >= 11 is 0. The van der Waals surface area contributed by atoms with Crippen molar-refractivity contribution in [3.63, 3.8) is 0 Å². The Balaban J connectivity index is 2.12. The molecule has 0 spiro atoms. The summed E-state index contributed by atoms with van der Waals surface area (Å²) in [5, 5.41) is 2.56. The van der Waals surface area contributed by atoms with Crippen LogP contribution >= 0.6 is 0 Å². The Morgan fingerprint density at radius 1 is 1.03 bits per heavy atom. The number of alkyl halides is 3. The van der Waals surface area contributed by atoms with E-state index in [2.05, 4.69) is 10.3 Å². The van der Waals surface area contributed by atoms with Gasteiger partial charge >= 0.3 is 11.9 Å². The van der Waals surface area contributed by atoms with Crippen molar-refractivity contribution >= 4 is 11.6 Å². The summed E-state index contributed by atoms with van der Waals surface area (Å²) in [5.41, 5.74) is -1.47. The molecule has 1 aromatic heterocycles. The van der Waals surface area contributed by atoms with Gasteiger partial charge in [-0.2, -0.15) is 13.2 Å². The van der Waals surface area contributed by atoms with E-state index in [0.29, 0.717) is 11.3 Å². The highest BCUT2D eigenvalue weighted by atomic mass is 19.4. The van der Waals surface area contributed by atoms with Crippen LogP contribution in [0.5, 0.6) is 5.75 Å². The Morgan fingerprint density at radius 2 is 1.67 bits per heavy atom. The van der Waals surface area contributed by atoms with Crippen molar-refractivity contribution in [1.82, 2.24) is 9.55 Å². The summed E-state index contributed by atoms with van der Waals surface area (Å²) in [4.78, 5) is 39.0. The first-order valence-corrected chi connectivity index (χ1v) is 9.85. The molecule has 0 radical (unpaired) electrons. The van der Waals surface area contributed by atoms with Gasteiger partial charge in [0.1, 0.15) is 5.75 Å². The van der Waals surface area contributed by atoms with E-state index in [4.69, 9.17) is 4.74 Å². The molecule has 33 heavy (non-hydrogen) atoms. The monoisotopic (exact) mass is 461 g/mol. The van der Waals surface area contributed by atoms with Crippen molar-refractivity contribution in [1.29, 1.82) is 0 Å². The molecule has 0 aliphatic heterocycles. The lowest BCUT2D eigenvalue weighted by Crippen LogP contribution is -2.28. The van der Waals surface area contributed by atoms with Gasteiger partial charge in [-0.1, -0.05) is 20.8 Å². The first-order chi connectivity index (χ1) is 15.3. The maximum atomic E-state index is 13.1. The van der Waals surface area contributed by atoms with Gasteiger partial charge in [0, 0.05) is 23.5 Å². The Morgan fingerprint density at radius 3 is 2.18 bits per heavy atom. The first kappa shape index (κ1) is 23.8. The molecule has 1 heterocycles. The molecule has 174 valence electrons. The SMILES string of the molecule is COc1c(C(=O)Nc2ccc(C(F)(F)F)cc2)cc(-n2ccc(=O)[nH]c2=O)cc1C(C)(C)C. The van der Waals surface area contributed by atoms with Gasteiger partial charge in [0.05, 0.1) is 23.9 Å². The number of carbonyl (C=O) groups excluding carboxylic acids is 1. The third-order valence-corrected chi connectivity index (χ3v) is 4.90. The number of H-pyrrole nitrogens is 1. The molecule has 0 saturated carbocycles. The van der Waals surface area contributed by atoms with Crippen LogP contribution in [-0.2, 0) is 11.6 Å². The van der Waals surface area contributed by atoms with Crippen LogP contribution in [0.25, 0.3) is 5.69 Å². The number of anilines is 1. The minimum atomic E-state index is -4.49. The summed E-state index contributed by atoms with van der Waals surface area (Å²) in [7, 11) is 1.39. The quantitative estimate of drug-likeness (QED) is 0.612. The minimum absolute atomic E-state index is 0.0675. The largest absolute Gasteiger partial charge is 0.496 e. The zero-order chi connectivity index (χ0) is 24.6. The molecular weight excluding hydrogens is 439 g/mol. The van der Waals surface area contributed by atoms with Gasteiger partial charge < -0.3 is 10.1 Å². The van der Waals surface area contributed by atoms with E-state index < -0.39 is 34.3 Å². The zero-order valence-electron chi connectivity index (χ0n) is 18.3. The van der Waals surface area contributed by atoms with Crippen LogP contribution in [0.1, 0.15) is 42.3 Å². The molecule has 0 bridgehead atoms. The number of amides is 1. The standard InChI is InChI=1S/C23H22F3N3O4/c1-22(2,3)17-12-15(29-10-9-18(30)28-21(29)32)11-16(19(17)33-4)20(31)27-14-7-5-13(6-8-14)23(24,25)26/h5-12H,1-4H3,(H,27,31)(H,28,30,32). The predicted molar refractivity (Wildman–Crippen MR) is 117 cm³/mol. The molecule has 0 atom stereocenters. The van der Waals surface area contributed by atoms with Gasteiger partial charge in [-0.15, -0.1) is 0 Å². The summed E-state index contributed by atoms with van der Waals surface area (Å²) < 4.78 is 45.1. The van der Waals surface area contributed by atoms with E-state index in [1.165, 1.54) is 30.0 Å². The fraction of sp³-hybridized carbons (Fsp3) is 0.261. The molecule has 2 N–H and O–H groups in total. The van der Waals surface area contributed by atoms with Gasteiger partial charge in [-0.3, -0.25) is 19.1 Å². The summed E-state index contributed by atoms with van der Waals surface area (Å²) in [6.45, 7) is 5.67. The number of benzene rings is 2. The van der Waals surface area contributed by atoms with Crippen molar-refractivity contribution in [3.05, 3.63) is 86.2 Å². The number of aromatic amines is 1. The molecule has 0 fully saturated rings. The minimum Gasteiger partial charge on any atom is -0.496 e. The van der Waals surface area contributed by atoms with E-state index in [0.717, 1.165) is 24.3 Å². The molecule has 3 rings (SSSR count).